The number of carbonyl (C=O) groups excluding carboxylic acids is 1. The van der Waals surface area contributed by atoms with Crippen molar-refractivity contribution in [3.05, 3.63) is 11.6 Å². The van der Waals surface area contributed by atoms with E-state index in [2.05, 4.69) is 20.6 Å². The molecule has 1 aromatic heterocycles. The van der Waals surface area contributed by atoms with Gasteiger partial charge >= 0.3 is 0 Å². The molecule has 1 aliphatic heterocycles. The number of rotatable bonds is 7. The topological polar surface area (TPSA) is 69.6 Å². The van der Waals surface area contributed by atoms with Crippen LogP contribution < -0.4 is 10.6 Å². The maximum Gasteiger partial charge on any atom is 0.225 e. The van der Waals surface area contributed by atoms with Crippen LogP contribution in [0.1, 0.15) is 26.7 Å². The molecule has 0 aliphatic carbocycles. The third-order valence-electron chi connectivity index (χ3n) is 3.81. The number of amides is 1. The SMILES string of the molecule is CN=C(NCCCSc1nccs1)NC1CCN(C(=O)C(C)C)C1.I. The normalized spacial score (nSPS) is 17.5. The Morgan fingerprint density at radius 2 is 2.36 bits per heavy atom. The number of halogens is 1. The van der Waals surface area contributed by atoms with Crippen LogP contribution in [0.15, 0.2) is 20.9 Å². The molecule has 0 bridgehead atoms. The zero-order chi connectivity index (χ0) is 17.4. The van der Waals surface area contributed by atoms with Crippen LogP contribution in [0.2, 0.25) is 0 Å². The van der Waals surface area contributed by atoms with E-state index in [1.807, 2.05) is 30.3 Å². The number of nitrogens with one attached hydrogen (secondary N) is 2. The number of aromatic nitrogens is 1. The quantitative estimate of drug-likeness (QED) is 0.199. The third-order valence-corrected chi connectivity index (χ3v) is 5.86. The van der Waals surface area contributed by atoms with Crippen LogP contribution in [0.3, 0.4) is 0 Å². The molecule has 1 unspecified atom stereocenters. The van der Waals surface area contributed by atoms with Crippen LogP contribution in [0.5, 0.6) is 0 Å². The fourth-order valence-electron chi connectivity index (χ4n) is 2.55. The lowest BCUT2D eigenvalue weighted by molar-refractivity contribution is -0.133. The molecule has 0 radical (unpaired) electrons. The van der Waals surface area contributed by atoms with Crippen LogP contribution in [-0.2, 0) is 4.79 Å². The Bertz CT molecular complexity index is 539. The van der Waals surface area contributed by atoms with E-state index in [0.29, 0.717) is 0 Å². The Labute approximate surface area is 175 Å². The predicted octanol–water partition coefficient (Wildman–Crippen LogP) is 2.67. The Hall–Kier alpha value is -0.550. The molecule has 1 atom stereocenters. The summed E-state index contributed by atoms with van der Waals surface area (Å²) in [6.07, 6.45) is 3.86. The summed E-state index contributed by atoms with van der Waals surface area (Å²) in [7, 11) is 1.78. The van der Waals surface area contributed by atoms with Gasteiger partial charge in [-0.2, -0.15) is 0 Å². The van der Waals surface area contributed by atoms with Gasteiger partial charge < -0.3 is 15.5 Å². The molecule has 2 rings (SSSR count). The molecule has 1 amide bonds. The minimum Gasteiger partial charge on any atom is -0.356 e. The number of thioether (sulfide) groups is 1. The second-order valence-electron chi connectivity index (χ2n) is 6.07. The first-order valence-corrected chi connectivity index (χ1v) is 10.2. The second kappa shape index (κ2) is 11.9. The molecule has 6 nitrogen and oxygen atoms in total. The summed E-state index contributed by atoms with van der Waals surface area (Å²) in [5.74, 6) is 2.16. The number of nitrogens with zero attached hydrogens (tertiary/aromatic N) is 3. The van der Waals surface area contributed by atoms with E-state index in [1.54, 1.807) is 30.1 Å². The molecule has 0 aromatic carbocycles. The standard InChI is InChI=1S/C16H27N5OS2.HI/c1-12(2)14(22)21-8-5-13(11-21)20-15(17-3)18-6-4-9-23-16-19-7-10-24-16;/h7,10,12-13H,4-6,8-9,11H2,1-3H3,(H2,17,18,20);1H. The van der Waals surface area contributed by atoms with Crippen LogP contribution in [0.4, 0.5) is 0 Å². The summed E-state index contributed by atoms with van der Waals surface area (Å²) in [6, 6.07) is 0.281. The fourth-order valence-corrected chi connectivity index (χ4v) is 4.20. The van der Waals surface area contributed by atoms with Crippen LogP contribution in [0.25, 0.3) is 0 Å². The Morgan fingerprint density at radius 1 is 1.56 bits per heavy atom. The summed E-state index contributed by atoms with van der Waals surface area (Å²) in [5.41, 5.74) is 0. The number of thiazole rings is 1. The van der Waals surface area contributed by atoms with Gasteiger partial charge in [0.2, 0.25) is 5.91 Å². The van der Waals surface area contributed by atoms with E-state index in [9.17, 15) is 4.79 Å². The lowest BCUT2D eigenvalue weighted by Gasteiger charge is -2.20. The van der Waals surface area contributed by atoms with Crippen molar-refractivity contribution < 1.29 is 4.79 Å². The smallest absolute Gasteiger partial charge is 0.225 e. The molecular formula is C16H28IN5OS2. The average Bonchev–Trinajstić information content (AvgIpc) is 3.24. The van der Waals surface area contributed by atoms with Gasteiger partial charge in [0, 0.05) is 56.0 Å². The summed E-state index contributed by atoms with van der Waals surface area (Å²) in [6.45, 7) is 6.37. The largest absolute Gasteiger partial charge is 0.356 e. The molecule has 1 saturated heterocycles. The molecule has 25 heavy (non-hydrogen) atoms. The van der Waals surface area contributed by atoms with E-state index in [4.69, 9.17) is 0 Å². The van der Waals surface area contributed by atoms with Crippen LogP contribution in [-0.4, -0.2) is 60.2 Å². The molecule has 1 fully saturated rings. The summed E-state index contributed by atoms with van der Waals surface area (Å²) in [5, 5.41) is 8.77. The molecular weight excluding hydrogens is 469 g/mol. The van der Waals surface area contributed by atoms with Crippen molar-refractivity contribution in [3.63, 3.8) is 0 Å². The fraction of sp³-hybridized carbons (Fsp3) is 0.688. The minimum atomic E-state index is 0. The first-order valence-electron chi connectivity index (χ1n) is 8.38. The molecule has 142 valence electrons. The highest BCUT2D eigenvalue weighted by Crippen LogP contribution is 2.20. The Kier molecular flexibility index (Phi) is 10.7. The monoisotopic (exact) mass is 497 g/mol. The van der Waals surface area contributed by atoms with E-state index in [0.717, 1.165) is 48.5 Å². The van der Waals surface area contributed by atoms with E-state index < -0.39 is 0 Å². The Morgan fingerprint density at radius 3 is 3.00 bits per heavy atom. The predicted molar refractivity (Wildman–Crippen MR) is 117 cm³/mol. The number of hydrogen-bond acceptors (Lipinski definition) is 5. The van der Waals surface area contributed by atoms with Gasteiger partial charge in [-0.3, -0.25) is 9.79 Å². The lowest BCUT2D eigenvalue weighted by Crippen LogP contribution is -2.45. The number of aliphatic imine (C=N–C) groups is 1. The van der Waals surface area contributed by atoms with Gasteiger partial charge in [-0.25, -0.2) is 4.98 Å². The van der Waals surface area contributed by atoms with Crippen molar-refractivity contribution in [2.24, 2.45) is 10.9 Å². The van der Waals surface area contributed by atoms with Gasteiger partial charge in [-0.15, -0.1) is 35.3 Å². The van der Waals surface area contributed by atoms with Gasteiger partial charge in [-0.05, 0) is 12.8 Å². The summed E-state index contributed by atoms with van der Waals surface area (Å²) < 4.78 is 1.12. The van der Waals surface area contributed by atoms with Gasteiger partial charge in [0.1, 0.15) is 4.34 Å². The van der Waals surface area contributed by atoms with Crippen molar-refractivity contribution in [1.29, 1.82) is 0 Å². The van der Waals surface area contributed by atoms with E-state index in [-0.39, 0.29) is 41.8 Å². The minimum absolute atomic E-state index is 0. The van der Waals surface area contributed by atoms with Crippen molar-refractivity contribution >= 4 is 58.9 Å². The van der Waals surface area contributed by atoms with Crippen molar-refractivity contribution in [2.45, 2.75) is 37.1 Å². The number of hydrogen-bond donors (Lipinski definition) is 2. The highest BCUT2D eigenvalue weighted by molar-refractivity contribution is 14.0. The van der Waals surface area contributed by atoms with Gasteiger partial charge in [-0.1, -0.05) is 25.6 Å². The first kappa shape index (κ1) is 22.5. The van der Waals surface area contributed by atoms with Crippen LogP contribution >= 0.6 is 47.1 Å². The second-order valence-corrected chi connectivity index (χ2v) is 8.30. The first-order chi connectivity index (χ1) is 11.6. The molecule has 0 spiro atoms. The van der Waals surface area contributed by atoms with Crippen molar-refractivity contribution in [1.82, 2.24) is 20.5 Å². The Balaban J connectivity index is 0.00000312. The number of carbonyl (C=O) groups is 1. The molecule has 1 aromatic rings. The lowest BCUT2D eigenvalue weighted by atomic mass is 10.2. The average molecular weight is 497 g/mol. The summed E-state index contributed by atoms with van der Waals surface area (Å²) in [4.78, 5) is 22.5. The van der Waals surface area contributed by atoms with Crippen molar-refractivity contribution in [2.75, 3.05) is 32.4 Å². The maximum atomic E-state index is 12.0. The highest BCUT2D eigenvalue weighted by atomic mass is 127. The van der Waals surface area contributed by atoms with E-state index >= 15 is 0 Å². The van der Waals surface area contributed by atoms with Crippen molar-refractivity contribution in [3.8, 4) is 0 Å². The zero-order valence-electron chi connectivity index (χ0n) is 15.0. The molecule has 1 aliphatic rings. The third kappa shape index (κ3) is 7.69. The van der Waals surface area contributed by atoms with Crippen LogP contribution in [0, 0.1) is 5.92 Å². The zero-order valence-corrected chi connectivity index (χ0v) is 19.0. The number of guanidine groups is 1. The van der Waals surface area contributed by atoms with Gasteiger partial charge in [0.25, 0.3) is 0 Å². The molecule has 2 N–H and O–H groups in total. The number of likely N-dealkylation sites (tertiary alicyclic amines) is 1. The maximum absolute atomic E-state index is 12.0. The molecule has 2 heterocycles. The molecule has 9 heteroatoms. The van der Waals surface area contributed by atoms with Gasteiger partial charge in [0.15, 0.2) is 5.96 Å². The van der Waals surface area contributed by atoms with E-state index in [1.165, 1.54) is 0 Å². The highest BCUT2D eigenvalue weighted by Gasteiger charge is 2.27. The molecule has 0 saturated carbocycles. The van der Waals surface area contributed by atoms with Gasteiger partial charge in [0.05, 0.1) is 0 Å². The summed E-state index contributed by atoms with van der Waals surface area (Å²) >= 11 is 3.47.